The minimum atomic E-state index is -0.199. The van der Waals surface area contributed by atoms with Gasteiger partial charge in [0.05, 0.1) is 7.11 Å². The van der Waals surface area contributed by atoms with Crippen LogP contribution in [0.15, 0.2) is 48.8 Å². The number of hydrogen-bond donors (Lipinski definition) is 2. The smallest absolute Gasteiger partial charge is 0.256 e. The highest BCUT2D eigenvalue weighted by atomic mass is 16.5. The maximum Gasteiger partial charge on any atom is 0.256 e. The minimum absolute atomic E-state index is 0.199. The highest BCUT2D eigenvalue weighted by Crippen LogP contribution is 2.28. The van der Waals surface area contributed by atoms with Crippen LogP contribution in [-0.4, -0.2) is 54.7 Å². The van der Waals surface area contributed by atoms with Crippen molar-refractivity contribution < 1.29 is 14.3 Å². The van der Waals surface area contributed by atoms with E-state index in [9.17, 15) is 4.79 Å². The van der Waals surface area contributed by atoms with Gasteiger partial charge in [-0.3, -0.25) is 4.79 Å². The Hall–Kier alpha value is -3.88. The van der Waals surface area contributed by atoms with Crippen LogP contribution in [0.5, 0.6) is 17.4 Å². The average molecular weight is 477 g/mol. The lowest BCUT2D eigenvalue weighted by atomic mass is 10.1. The fraction of sp³-hybridized carbons (Fsp3) is 0.385. The van der Waals surface area contributed by atoms with Crippen molar-refractivity contribution >= 4 is 17.7 Å². The van der Waals surface area contributed by atoms with Crippen LogP contribution < -0.4 is 25.0 Å². The standard InChI is InChI=1S/C26H32N6O3/c1-17-15-29-26(31-23(17)32(2)3)30-19-8-7-18(14-19)16-28-24(33)22-6-5-13-27-25(22)35-21-11-9-20(34-4)10-12-21/h5-6,9-13,15,18-19H,7-8,14,16H2,1-4H3,(H,28,33)(H,29,30,31)/t18-,19+/m1/s1. The van der Waals surface area contributed by atoms with Gasteiger partial charge in [-0.2, -0.15) is 4.98 Å². The fourth-order valence-electron chi connectivity index (χ4n) is 4.26. The summed E-state index contributed by atoms with van der Waals surface area (Å²) in [5.74, 6) is 3.31. The molecular weight excluding hydrogens is 444 g/mol. The Morgan fingerprint density at radius 2 is 1.89 bits per heavy atom. The molecule has 184 valence electrons. The fourth-order valence-corrected chi connectivity index (χ4v) is 4.26. The zero-order valence-electron chi connectivity index (χ0n) is 20.6. The number of amides is 1. The van der Waals surface area contributed by atoms with Crippen LogP contribution in [0, 0.1) is 12.8 Å². The second-order valence-corrected chi connectivity index (χ2v) is 8.96. The Morgan fingerprint density at radius 1 is 1.11 bits per heavy atom. The Morgan fingerprint density at radius 3 is 2.63 bits per heavy atom. The van der Waals surface area contributed by atoms with Gasteiger partial charge in [0.25, 0.3) is 5.91 Å². The van der Waals surface area contributed by atoms with E-state index in [1.165, 1.54) is 0 Å². The summed E-state index contributed by atoms with van der Waals surface area (Å²) in [4.78, 5) is 28.2. The molecule has 4 rings (SSSR count). The van der Waals surface area contributed by atoms with Crippen molar-refractivity contribution in [2.45, 2.75) is 32.2 Å². The first kappa shape index (κ1) is 24.3. The van der Waals surface area contributed by atoms with Gasteiger partial charge in [-0.05, 0) is 68.5 Å². The van der Waals surface area contributed by atoms with E-state index in [0.29, 0.717) is 29.7 Å². The van der Waals surface area contributed by atoms with Gasteiger partial charge in [0.1, 0.15) is 22.9 Å². The zero-order valence-corrected chi connectivity index (χ0v) is 20.6. The Bertz CT molecular complexity index is 1150. The van der Waals surface area contributed by atoms with Gasteiger partial charge >= 0.3 is 0 Å². The SMILES string of the molecule is COc1ccc(Oc2ncccc2C(=O)NC[C@@H]2CC[C@H](Nc3ncc(C)c(N(C)C)n3)C2)cc1. The van der Waals surface area contributed by atoms with Crippen molar-refractivity contribution in [3.05, 3.63) is 59.9 Å². The van der Waals surface area contributed by atoms with E-state index in [1.807, 2.05) is 32.1 Å². The zero-order chi connectivity index (χ0) is 24.8. The molecule has 0 aliphatic heterocycles. The van der Waals surface area contributed by atoms with Crippen LogP contribution in [0.25, 0.3) is 0 Å². The van der Waals surface area contributed by atoms with Gasteiger partial charge < -0.3 is 25.0 Å². The lowest BCUT2D eigenvalue weighted by Crippen LogP contribution is -2.29. The van der Waals surface area contributed by atoms with Crippen molar-refractivity contribution in [2.75, 3.05) is 38.0 Å². The molecule has 2 N–H and O–H groups in total. The molecule has 1 aliphatic rings. The molecule has 3 aromatic rings. The molecule has 0 radical (unpaired) electrons. The van der Waals surface area contributed by atoms with Gasteiger partial charge in [-0.1, -0.05) is 0 Å². The van der Waals surface area contributed by atoms with Crippen molar-refractivity contribution in [1.82, 2.24) is 20.3 Å². The monoisotopic (exact) mass is 476 g/mol. The molecule has 1 amide bonds. The number of ether oxygens (including phenoxy) is 2. The molecule has 35 heavy (non-hydrogen) atoms. The Kier molecular flexibility index (Phi) is 7.64. The number of carbonyl (C=O) groups excluding carboxylic acids is 1. The minimum Gasteiger partial charge on any atom is -0.497 e. The van der Waals surface area contributed by atoms with Crippen LogP contribution in [0.3, 0.4) is 0 Å². The summed E-state index contributed by atoms with van der Waals surface area (Å²) in [5.41, 5.74) is 1.44. The molecule has 0 saturated heterocycles. The molecule has 2 aromatic heterocycles. The van der Waals surface area contributed by atoms with E-state index in [1.54, 1.807) is 49.7 Å². The highest BCUT2D eigenvalue weighted by molar-refractivity contribution is 5.96. The predicted octanol–water partition coefficient (Wildman–Crippen LogP) is 4.06. The Balaban J connectivity index is 1.31. The van der Waals surface area contributed by atoms with E-state index in [0.717, 1.165) is 36.4 Å². The number of benzene rings is 1. The molecular formula is C26H32N6O3. The van der Waals surface area contributed by atoms with E-state index in [-0.39, 0.29) is 17.8 Å². The predicted molar refractivity (Wildman–Crippen MR) is 135 cm³/mol. The molecule has 1 aliphatic carbocycles. The van der Waals surface area contributed by atoms with Gasteiger partial charge in [-0.15, -0.1) is 0 Å². The third-order valence-electron chi connectivity index (χ3n) is 6.08. The van der Waals surface area contributed by atoms with Crippen LogP contribution in [-0.2, 0) is 0 Å². The molecule has 1 saturated carbocycles. The first-order chi connectivity index (χ1) is 16.9. The second-order valence-electron chi connectivity index (χ2n) is 8.96. The van der Waals surface area contributed by atoms with Crippen molar-refractivity contribution in [2.24, 2.45) is 5.92 Å². The first-order valence-corrected chi connectivity index (χ1v) is 11.8. The topological polar surface area (TPSA) is 102 Å². The summed E-state index contributed by atoms with van der Waals surface area (Å²) in [6.45, 7) is 2.59. The Labute approximate surface area is 205 Å². The number of pyridine rings is 1. The van der Waals surface area contributed by atoms with Gasteiger partial charge in [0.2, 0.25) is 11.8 Å². The van der Waals surface area contributed by atoms with Crippen LogP contribution in [0.1, 0.15) is 35.2 Å². The number of nitrogens with zero attached hydrogens (tertiary/aromatic N) is 4. The number of aryl methyl sites for hydroxylation is 1. The molecule has 0 bridgehead atoms. The maximum absolute atomic E-state index is 12.9. The van der Waals surface area contributed by atoms with Crippen LogP contribution >= 0.6 is 0 Å². The molecule has 0 unspecified atom stereocenters. The van der Waals surface area contributed by atoms with Crippen molar-refractivity contribution in [3.63, 3.8) is 0 Å². The van der Waals surface area contributed by atoms with Gasteiger partial charge in [0.15, 0.2) is 0 Å². The van der Waals surface area contributed by atoms with Crippen molar-refractivity contribution in [1.29, 1.82) is 0 Å². The third-order valence-corrected chi connectivity index (χ3v) is 6.08. The molecule has 9 heteroatoms. The van der Waals surface area contributed by atoms with Gasteiger partial charge in [-0.25, -0.2) is 9.97 Å². The number of carbonyl (C=O) groups is 1. The van der Waals surface area contributed by atoms with E-state index >= 15 is 0 Å². The number of aromatic nitrogens is 3. The lowest BCUT2D eigenvalue weighted by molar-refractivity contribution is 0.0944. The number of methoxy groups -OCH3 is 1. The van der Waals surface area contributed by atoms with Gasteiger partial charge in [0, 0.05) is 44.6 Å². The largest absolute Gasteiger partial charge is 0.497 e. The molecule has 1 fully saturated rings. The van der Waals surface area contributed by atoms with E-state index in [2.05, 4.69) is 25.6 Å². The summed E-state index contributed by atoms with van der Waals surface area (Å²) >= 11 is 0. The summed E-state index contributed by atoms with van der Waals surface area (Å²) in [5, 5.41) is 6.51. The van der Waals surface area contributed by atoms with Crippen molar-refractivity contribution in [3.8, 4) is 17.4 Å². The summed E-state index contributed by atoms with van der Waals surface area (Å²) < 4.78 is 11.0. The van der Waals surface area contributed by atoms with Crippen LogP contribution in [0.2, 0.25) is 0 Å². The summed E-state index contributed by atoms with van der Waals surface area (Å²) in [7, 11) is 5.56. The normalized spacial score (nSPS) is 17.0. The number of rotatable bonds is 9. The third kappa shape index (κ3) is 6.17. The molecule has 1 aromatic carbocycles. The number of nitrogens with one attached hydrogen (secondary N) is 2. The quantitative estimate of drug-likeness (QED) is 0.477. The number of hydrogen-bond acceptors (Lipinski definition) is 8. The number of anilines is 2. The molecule has 9 nitrogen and oxygen atoms in total. The second kappa shape index (κ2) is 11.0. The summed E-state index contributed by atoms with van der Waals surface area (Å²) in [6.07, 6.45) is 6.42. The van der Waals surface area contributed by atoms with E-state index in [4.69, 9.17) is 9.47 Å². The van der Waals surface area contributed by atoms with Crippen LogP contribution in [0.4, 0.5) is 11.8 Å². The molecule has 0 spiro atoms. The maximum atomic E-state index is 12.9. The average Bonchev–Trinajstić information content (AvgIpc) is 3.31. The molecule has 2 heterocycles. The highest BCUT2D eigenvalue weighted by Gasteiger charge is 2.26. The summed E-state index contributed by atoms with van der Waals surface area (Å²) in [6, 6.07) is 10.9. The van der Waals surface area contributed by atoms with E-state index < -0.39 is 0 Å². The lowest BCUT2D eigenvalue weighted by Gasteiger charge is -2.18. The molecule has 2 atom stereocenters. The first-order valence-electron chi connectivity index (χ1n) is 11.8.